The van der Waals surface area contributed by atoms with Crippen LogP contribution in [0.25, 0.3) is 0 Å². The molecule has 2 aliphatic rings. The number of hydrogen-bond donors (Lipinski definition) is 1. The van der Waals surface area contributed by atoms with Crippen molar-refractivity contribution in [2.75, 3.05) is 38.2 Å². The van der Waals surface area contributed by atoms with E-state index >= 15 is 0 Å². The topological polar surface area (TPSA) is 102 Å². The van der Waals surface area contributed by atoms with Crippen LogP contribution in [-0.2, 0) is 32.3 Å². The lowest BCUT2D eigenvalue weighted by Gasteiger charge is -2.26. The number of carbonyl (C=O) groups is 2. The maximum absolute atomic E-state index is 13.1. The summed E-state index contributed by atoms with van der Waals surface area (Å²) in [6.07, 6.45) is 3.62. The molecule has 0 spiro atoms. The number of rotatable bonds is 6. The van der Waals surface area contributed by atoms with Gasteiger partial charge in [0.1, 0.15) is 9.90 Å². The van der Waals surface area contributed by atoms with E-state index < -0.39 is 21.9 Å². The summed E-state index contributed by atoms with van der Waals surface area (Å²) >= 11 is 7.58. The van der Waals surface area contributed by atoms with Gasteiger partial charge in [0.2, 0.25) is 10.0 Å². The largest absolute Gasteiger partial charge is 0.462 e. The molecule has 1 aromatic carbocycles. The van der Waals surface area contributed by atoms with Crippen LogP contribution < -0.4 is 5.32 Å². The van der Waals surface area contributed by atoms with E-state index in [9.17, 15) is 18.0 Å². The lowest BCUT2D eigenvalue weighted by Crippen LogP contribution is -2.40. The molecule has 178 valence electrons. The normalized spacial score (nSPS) is 16.8. The number of benzene rings is 1. The number of halogens is 1. The Hall–Kier alpha value is -1.98. The third-order valence-electron chi connectivity index (χ3n) is 5.66. The number of esters is 1. The first-order valence-corrected chi connectivity index (χ1v) is 13.5. The number of nitrogens with zero attached hydrogens (tertiary/aromatic N) is 1. The maximum atomic E-state index is 13.1. The third-order valence-corrected chi connectivity index (χ3v) is 9.25. The fraction of sp³-hybridized carbons (Fsp3) is 0.455. The Labute approximate surface area is 201 Å². The second-order valence-corrected chi connectivity index (χ2v) is 11.2. The number of amides is 1. The van der Waals surface area contributed by atoms with Gasteiger partial charge in [-0.15, -0.1) is 11.3 Å². The SMILES string of the molecule is CCOC(=O)c1c(NC(=O)c2ccc(Cl)c(S(=O)(=O)N3CCOCC3)c2)sc2c1CCCC2. The molecule has 11 heteroatoms. The van der Waals surface area contributed by atoms with Crippen LogP contribution in [-0.4, -0.2) is 57.5 Å². The minimum atomic E-state index is -3.88. The highest BCUT2D eigenvalue weighted by Gasteiger charge is 2.30. The summed E-state index contributed by atoms with van der Waals surface area (Å²) in [5.74, 6) is -0.979. The Morgan fingerprint density at radius 3 is 2.67 bits per heavy atom. The van der Waals surface area contributed by atoms with Crippen LogP contribution in [0, 0.1) is 0 Å². The van der Waals surface area contributed by atoms with E-state index in [2.05, 4.69) is 5.32 Å². The van der Waals surface area contributed by atoms with E-state index in [1.54, 1.807) is 6.92 Å². The van der Waals surface area contributed by atoms with Gasteiger partial charge >= 0.3 is 5.97 Å². The number of carbonyl (C=O) groups excluding carboxylic acids is 2. The summed E-state index contributed by atoms with van der Waals surface area (Å²) in [6.45, 7) is 3.01. The molecule has 0 unspecified atom stereocenters. The third kappa shape index (κ3) is 4.95. The van der Waals surface area contributed by atoms with Crippen LogP contribution in [0.3, 0.4) is 0 Å². The fourth-order valence-electron chi connectivity index (χ4n) is 4.02. The Balaban J connectivity index is 1.64. The zero-order chi connectivity index (χ0) is 23.6. The predicted octanol–water partition coefficient (Wildman–Crippen LogP) is 3.73. The highest BCUT2D eigenvalue weighted by atomic mass is 35.5. The van der Waals surface area contributed by atoms with Gasteiger partial charge in [-0.2, -0.15) is 4.31 Å². The van der Waals surface area contributed by atoms with E-state index in [0.29, 0.717) is 23.8 Å². The molecule has 0 saturated carbocycles. The number of hydrogen-bond acceptors (Lipinski definition) is 7. The number of fused-ring (bicyclic) bond motifs is 1. The van der Waals surface area contributed by atoms with Crippen molar-refractivity contribution in [1.82, 2.24) is 4.31 Å². The number of aryl methyl sites for hydroxylation is 1. The Morgan fingerprint density at radius 1 is 1.21 bits per heavy atom. The van der Waals surface area contributed by atoms with Gasteiger partial charge in [-0.3, -0.25) is 4.79 Å². The summed E-state index contributed by atoms with van der Waals surface area (Å²) in [5, 5.41) is 3.28. The summed E-state index contributed by atoms with van der Waals surface area (Å²) in [5.41, 5.74) is 1.47. The molecule has 2 aromatic rings. The Bertz CT molecular complexity index is 1170. The Morgan fingerprint density at radius 2 is 1.94 bits per heavy atom. The predicted molar refractivity (Wildman–Crippen MR) is 126 cm³/mol. The molecular formula is C22H25ClN2O6S2. The van der Waals surface area contributed by atoms with Gasteiger partial charge in [0.15, 0.2) is 0 Å². The van der Waals surface area contributed by atoms with Gasteiger partial charge in [0.25, 0.3) is 5.91 Å². The van der Waals surface area contributed by atoms with Crippen LogP contribution in [0.15, 0.2) is 23.1 Å². The molecule has 1 amide bonds. The van der Waals surface area contributed by atoms with Gasteiger partial charge in [-0.25, -0.2) is 13.2 Å². The van der Waals surface area contributed by atoms with Gasteiger partial charge in [0, 0.05) is 23.5 Å². The molecule has 1 saturated heterocycles. The summed E-state index contributed by atoms with van der Waals surface area (Å²) in [6, 6.07) is 4.14. The van der Waals surface area contributed by atoms with Crippen LogP contribution in [0.5, 0.6) is 0 Å². The molecule has 2 heterocycles. The average Bonchev–Trinajstić information content (AvgIpc) is 3.17. The van der Waals surface area contributed by atoms with E-state index in [4.69, 9.17) is 21.1 Å². The maximum Gasteiger partial charge on any atom is 0.341 e. The minimum absolute atomic E-state index is 0.0387. The highest BCUT2D eigenvalue weighted by molar-refractivity contribution is 7.89. The molecule has 33 heavy (non-hydrogen) atoms. The number of thiophene rings is 1. The van der Waals surface area contributed by atoms with Gasteiger partial charge < -0.3 is 14.8 Å². The van der Waals surface area contributed by atoms with Gasteiger partial charge in [0.05, 0.1) is 30.4 Å². The molecular weight excluding hydrogens is 488 g/mol. The molecule has 1 N–H and O–H groups in total. The highest BCUT2D eigenvalue weighted by Crippen LogP contribution is 2.39. The van der Waals surface area contributed by atoms with Crippen LogP contribution >= 0.6 is 22.9 Å². The van der Waals surface area contributed by atoms with Crippen molar-refractivity contribution in [3.05, 3.63) is 44.8 Å². The molecule has 4 rings (SSSR count). The van der Waals surface area contributed by atoms with Crippen molar-refractivity contribution in [3.63, 3.8) is 0 Å². The average molecular weight is 513 g/mol. The van der Waals surface area contributed by atoms with Crippen molar-refractivity contribution in [3.8, 4) is 0 Å². The molecule has 8 nitrogen and oxygen atoms in total. The van der Waals surface area contributed by atoms with E-state index in [1.165, 1.54) is 33.8 Å². The van der Waals surface area contributed by atoms with Crippen LogP contribution in [0.1, 0.15) is 50.9 Å². The summed E-state index contributed by atoms with van der Waals surface area (Å²) in [4.78, 5) is 26.7. The fourth-order valence-corrected chi connectivity index (χ4v) is 7.20. The van der Waals surface area contributed by atoms with E-state index in [1.807, 2.05) is 0 Å². The lowest BCUT2D eigenvalue weighted by atomic mass is 9.95. The standard InChI is InChI=1S/C22H25ClN2O6S2/c1-2-31-22(27)19-15-5-3-4-6-17(15)32-21(19)24-20(26)14-7-8-16(23)18(13-14)33(28,29)25-9-11-30-12-10-25/h7-8,13H,2-6,9-12H2,1H3,(H,24,26). The van der Waals surface area contributed by atoms with Crippen molar-refractivity contribution in [1.29, 1.82) is 0 Å². The zero-order valence-electron chi connectivity index (χ0n) is 18.2. The zero-order valence-corrected chi connectivity index (χ0v) is 20.6. The lowest BCUT2D eigenvalue weighted by molar-refractivity contribution is 0.0526. The van der Waals surface area contributed by atoms with Crippen molar-refractivity contribution in [2.45, 2.75) is 37.5 Å². The van der Waals surface area contributed by atoms with Crippen molar-refractivity contribution < 1.29 is 27.5 Å². The first-order chi connectivity index (χ1) is 15.8. The quantitative estimate of drug-likeness (QED) is 0.592. The van der Waals surface area contributed by atoms with Crippen molar-refractivity contribution >= 4 is 49.8 Å². The molecule has 1 fully saturated rings. The smallest absolute Gasteiger partial charge is 0.341 e. The second-order valence-electron chi connectivity index (χ2n) is 7.75. The summed E-state index contributed by atoms with van der Waals surface area (Å²) in [7, 11) is -3.88. The molecule has 0 bridgehead atoms. The van der Waals surface area contributed by atoms with E-state index in [-0.39, 0.29) is 35.2 Å². The molecule has 1 aliphatic heterocycles. The Kier molecular flexibility index (Phi) is 7.40. The summed E-state index contributed by atoms with van der Waals surface area (Å²) < 4.78 is 37.9. The number of morpholine rings is 1. The molecule has 0 atom stereocenters. The number of anilines is 1. The van der Waals surface area contributed by atoms with E-state index in [0.717, 1.165) is 36.1 Å². The number of sulfonamides is 1. The van der Waals surface area contributed by atoms with Gasteiger partial charge in [-0.1, -0.05) is 11.6 Å². The molecule has 1 aromatic heterocycles. The molecule has 0 radical (unpaired) electrons. The molecule has 1 aliphatic carbocycles. The van der Waals surface area contributed by atoms with Gasteiger partial charge in [-0.05, 0) is 56.4 Å². The van der Waals surface area contributed by atoms with Crippen molar-refractivity contribution in [2.24, 2.45) is 0 Å². The minimum Gasteiger partial charge on any atom is -0.462 e. The first-order valence-electron chi connectivity index (χ1n) is 10.8. The first kappa shape index (κ1) is 24.2. The monoisotopic (exact) mass is 512 g/mol. The number of nitrogens with one attached hydrogen (secondary N) is 1. The number of ether oxygens (including phenoxy) is 2. The second kappa shape index (κ2) is 10.1. The van der Waals surface area contributed by atoms with Crippen LogP contribution in [0.4, 0.5) is 5.00 Å². The van der Waals surface area contributed by atoms with Crippen LogP contribution in [0.2, 0.25) is 5.02 Å².